The molecule has 0 fully saturated rings. The van der Waals surface area contributed by atoms with Gasteiger partial charge in [0.25, 0.3) is 0 Å². The Bertz CT molecular complexity index is 659. The summed E-state index contributed by atoms with van der Waals surface area (Å²) in [6, 6.07) is 3.70. The number of halogens is 2. The molecule has 4 nitrogen and oxygen atoms in total. The molecule has 0 aromatic carbocycles. The van der Waals surface area contributed by atoms with Crippen molar-refractivity contribution in [1.82, 2.24) is 14.4 Å². The van der Waals surface area contributed by atoms with Crippen molar-refractivity contribution in [2.75, 3.05) is 0 Å². The van der Waals surface area contributed by atoms with E-state index in [4.69, 9.17) is 4.42 Å². The highest BCUT2D eigenvalue weighted by Crippen LogP contribution is 2.24. The first-order valence-electron chi connectivity index (χ1n) is 4.48. The topological polar surface area (TPSA) is 43.3 Å². The maximum absolute atomic E-state index is 5.43. The largest absolute Gasteiger partial charge is 0.448 e. The van der Waals surface area contributed by atoms with Crippen molar-refractivity contribution >= 4 is 37.6 Å². The molecule has 0 aliphatic carbocycles. The molecule has 80 valence electrons. The summed E-state index contributed by atoms with van der Waals surface area (Å²) in [6.07, 6.45) is 5.49. The summed E-state index contributed by atoms with van der Waals surface area (Å²) < 4.78 is 8.87. The van der Waals surface area contributed by atoms with E-state index in [1.807, 2.05) is 28.9 Å². The summed E-state index contributed by atoms with van der Waals surface area (Å²) in [6.45, 7) is 0. The van der Waals surface area contributed by atoms with Crippen LogP contribution in [0.4, 0.5) is 0 Å². The van der Waals surface area contributed by atoms with Crippen LogP contribution in [0.3, 0.4) is 0 Å². The van der Waals surface area contributed by atoms with E-state index >= 15 is 0 Å². The van der Waals surface area contributed by atoms with Crippen LogP contribution in [0, 0.1) is 0 Å². The average Bonchev–Trinajstić information content (AvgIpc) is 2.83. The first-order chi connectivity index (χ1) is 7.72. The predicted octanol–water partition coefficient (Wildman–Crippen LogP) is 3.51. The Hall–Kier alpha value is -1.14. The zero-order valence-corrected chi connectivity index (χ0v) is 11.1. The Morgan fingerprint density at radius 3 is 2.81 bits per heavy atom. The number of nitrogens with zero attached hydrogens (tertiary/aromatic N) is 3. The van der Waals surface area contributed by atoms with Crippen molar-refractivity contribution in [3.8, 4) is 11.5 Å². The standard InChI is InChI=1S/C10H5Br2N3O/c11-6-3-13-10-14-7(5-15(10)4-6)8-1-2-9(12)16-8/h1-5H. The number of fused-ring (bicyclic) bond motifs is 1. The number of furan rings is 1. The summed E-state index contributed by atoms with van der Waals surface area (Å²) in [5.41, 5.74) is 0.760. The van der Waals surface area contributed by atoms with Crippen LogP contribution in [0.25, 0.3) is 17.2 Å². The van der Waals surface area contributed by atoms with Crippen molar-refractivity contribution in [2.24, 2.45) is 0 Å². The fourth-order valence-electron chi connectivity index (χ4n) is 1.43. The van der Waals surface area contributed by atoms with Gasteiger partial charge in [-0.25, -0.2) is 9.97 Å². The van der Waals surface area contributed by atoms with E-state index in [-0.39, 0.29) is 0 Å². The van der Waals surface area contributed by atoms with Crippen LogP contribution in [0.15, 0.2) is 44.3 Å². The zero-order chi connectivity index (χ0) is 11.1. The molecule has 0 bridgehead atoms. The maximum atomic E-state index is 5.43. The molecule has 0 saturated carbocycles. The molecule has 0 N–H and O–H groups in total. The minimum Gasteiger partial charge on any atom is -0.448 e. The molecule has 6 heteroatoms. The van der Waals surface area contributed by atoms with Crippen LogP contribution in [-0.4, -0.2) is 14.4 Å². The van der Waals surface area contributed by atoms with Crippen LogP contribution >= 0.6 is 31.9 Å². The lowest BCUT2D eigenvalue weighted by atomic mass is 10.4. The Kier molecular flexibility index (Phi) is 2.33. The van der Waals surface area contributed by atoms with Crippen molar-refractivity contribution in [2.45, 2.75) is 0 Å². The van der Waals surface area contributed by atoms with E-state index in [2.05, 4.69) is 41.8 Å². The van der Waals surface area contributed by atoms with E-state index < -0.39 is 0 Å². The molecular formula is C10H5Br2N3O. The molecule has 3 aromatic heterocycles. The number of imidazole rings is 1. The fourth-order valence-corrected chi connectivity index (χ4v) is 2.06. The van der Waals surface area contributed by atoms with Gasteiger partial charge in [-0.1, -0.05) is 0 Å². The van der Waals surface area contributed by atoms with Gasteiger partial charge in [0.15, 0.2) is 10.4 Å². The molecule has 3 heterocycles. The molecule has 0 aliphatic rings. The van der Waals surface area contributed by atoms with Crippen LogP contribution < -0.4 is 0 Å². The lowest BCUT2D eigenvalue weighted by molar-refractivity contribution is 0.554. The molecular weight excluding hydrogens is 338 g/mol. The van der Waals surface area contributed by atoms with Crippen molar-refractivity contribution in [1.29, 1.82) is 0 Å². The van der Waals surface area contributed by atoms with E-state index in [0.717, 1.165) is 10.2 Å². The highest BCUT2D eigenvalue weighted by molar-refractivity contribution is 9.10. The Morgan fingerprint density at radius 1 is 1.19 bits per heavy atom. The Balaban J connectivity index is 2.18. The second-order valence-corrected chi connectivity index (χ2v) is 4.91. The first kappa shape index (κ1) is 10.0. The van der Waals surface area contributed by atoms with Crippen molar-refractivity contribution in [3.63, 3.8) is 0 Å². The number of rotatable bonds is 1. The number of hydrogen-bond donors (Lipinski definition) is 0. The normalized spacial score (nSPS) is 11.1. The molecule has 0 aliphatic heterocycles. The Labute approximate surface area is 108 Å². The van der Waals surface area contributed by atoms with Crippen LogP contribution in [0.2, 0.25) is 0 Å². The van der Waals surface area contributed by atoms with Gasteiger partial charge in [0, 0.05) is 18.6 Å². The summed E-state index contributed by atoms with van der Waals surface area (Å²) in [5, 5.41) is 0. The molecule has 3 aromatic rings. The van der Waals surface area contributed by atoms with Gasteiger partial charge >= 0.3 is 0 Å². The second kappa shape index (κ2) is 3.71. The first-order valence-corrected chi connectivity index (χ1v) is 6.07. The van der Waals surface area contributed by atoms with Gasteiger partial charge < -0.3 is 4.42 Å². The predicted molar refractivity (Wildman–Crippen MR) is 66.1 cm³/mol. The lowest BCUT2D eigenvalue weighted by Gasteiger charge is -1.90. The zero-order valence-electron chi connectivity index (χ0n) is 7.89. The van der Waals surface area contributed by atoms with Gasteiger partial charge in [0.1, 0.15) is 5.69 Å². The quantitative estimate of drug-likeness (QED) is 0.679. The van der Waals surface area contributed by atoms with Crippen molar-refractivity contribution in [3.05, 3.63) is 39.9 Å². The third-order valence-corrected chi connectivity index (χ3v) is 2.94. The molecule has 0 unspecified atom stereocenters. The van der Waals surface area contributed by atoms with Gasteiger partial charge in [-0.2, -0.15) is 0 Å². The van der Waals surface area contributed by atoms with Gasteiger partial charge in [0.2, 0.25) is 5.78 Å². The number of aromatic nitrogens is 3. The minimum absolute atomic E-state index is 0.644. The SMILES string of the molecule is Brc1cnc2nc(-c3ccc(Br)o3)cn2c1. The summed E-state index contributed by atoms with van der Waals surface area (Å²) in [4.78, 5) is 8.54. The molecule has 0 saturated heterocycles. The van der Waals surface area contributed by atoms with Crippen LogP contribution in [-0.2, 0) is 0 Å². The van der Waals surface area contributed by atoms with Gasteiger partial charge in [-0.3, -0.25) is 4.40 Å². The molecule has 16 heavy (non-hydrogen) atoms. The summed E-state index contributed by atoms with van der Waals surface area (Å²) >= 11 is 6.62. The summed E-state index contributed by atoms with van der Waals surface area (Å²) in [5.74, 6) is 1.36. The molecule has 3 rings (SSSR count). The summed E-state index contributed by atoms with van der Waals surface area (Å²) in [7, 11) is 0. The molecule has 0 radical (unpaired) electrons. The number of hydrogen-bond acceptors (Lipinski definition) is 3. The van der Waals surface area contributed by atoms with E-state index in [9.17, 15) is 0 Å². The van der Waals surface area contributed by atoms with Gasteiger partial charge in [-0.05, 0) is 44.0 Å². The fraction of sp³-hybridized carbons (Fsp3) is 0. The molecule has 0 amide bonds. The third kappa shape index (κ3) is 1.68. The second-order valence-electron chi connectivity index (χ2n) is 3.21. The van der Waals surface area contributed by atoms with Gasteiger partial charge in [0.05, 0.1) is 4.47 Å². The monoisotopic (exact) mass is 341 g/mol. The molecule has 0 atom stereocenters. The van der Waals surface area contributed by atoms with Gasteiger partial charge in [-0.15, -0.1) is 0 Å². The van der Waals surface area contributed by atoms with Crippen LogP contribution in [0.5, 0.6) is 0 Å². The Morgan fingerprint density at radius 2 is 2.06 bits per heavy atom. The van der Waals surface area contributed by atoms with E-state index in [0.29, 0.717) is 16.2 Å². The van der Waals surface area contributed by atoms with Crippen LogP contribution in [0.1, 0.15) is 0 Å². The van der Waals surface area contributed by atoms with E-state index in [1.165, 1.54) is 0 Å². The highest BCUT2D eigenvalue weighted by Gasteiger charge is 2.08. The molecule has 0 spiro atoms. The van der Waals surface area contributed by atoms with Crippen molar-refractivity contribution < 1.29 is 4.42 Å². The third-order valence-electron chi connectivity index (χ3n) is 2.10. The maximum Gasteiger partial charge on any atom is 0.234 e. The minimum atomic E-state index is 0.644. The lowest BCUT2D eigenvalue weighted by Crippen LogP contribution is -1.85. The smallest absolute Gasteiger partial charge is 0.234 e. The highest BCUT2D eigenvalue weighted by atomic mass is 79.9. The average molecular weight is 343 g/mol. The van der Waals surface area contributed by atoms with E-state index in [1.54, 1.807) is 6.20 Å².